The van der Waals surface area contributed by atoms with Gasteiger partial charge in [-0.2, -0.15) is 5.10 Å². The zero-order valence-electron chi connectivity index (χ0n) is 7.68. The van der Waals surface area contributed by atoms with Gasteiger partial charge < -0.3 is 5.73 Å². The van der Waals surface area contributed by atoms with Crippen molar-refractivity contribution in [3.63, 3.8) is 0 Å². The third-order valence-corrected chi connectivity index (χ3v) is 2.56. The molecule has 6 heteroatoms. The fourth-order valence-electron chi connectivity index (χ4n) is 1.19. The Hall–Kier alpha value is -1.69. The summed E-state index contributed by atoms with van der Waals surface area (Å²) in [5.74, 6) is 0.0424. The number of hydrogen-bond acceptors (Lipinski definition) is 3. The van der Waals surface area contributed by atoms with E-state index in [-0.39, 0.29) is 5.84 Å². The monoisotopic (exact) mass is 265 g/mol. The van der Waals surface area contributed by atoms with E-state index < -0.39 is 0 Å². The molecule has 2 rings (SSSR count). The van der Waals surface area contributed by atoms with Crippen molar-refractivity contribution in [2.75, 3.05) is 0 Å². The lowest BCUT2D eigenvalue weighted by Gasteiger charge is -2.05. The van der Waals surface area contributed by atoms with Crippen LogP contribution in [0.25, 0.3) is 5.69 Å². The van der Waals surface area contributed by atoms with Crippen LogP contribution in [0.1, 0.15) is 5.56 Å². The SMILES string of the molecule is N=C(N)c1ccc(-n2cncn2)c(Br)c1. The second-order valence-corrected chi connectivity index (χ2v) is 3.77. The number of aromatic nitrogens is 3. The molecule has 5 nitrogen and oxygen atoms in total. The summed E-state index contributed by atoms with van der Waals surface area (Å²) in [5, 5.41) is 11.3. The Morgan fingerprint density at radius 1 is 1.47 bits per heavy atom. The van der Waals surface area contributed by atoms with E-state index in [4.69, 9.17) is 11.1 Å². The second-order valence-electron chi connectivity index (χ2n) is 2.92. The number of nitrogens with two attached hydrogens (primary N) is 1. The summed E-state index contributed by atoms with van der Waals surface area (Å²) >= 11 is 3.40. The van der Waals surface area contributed by atoms with E-state index in [1.54, 1.807) is 23.1 Å². The lowest BCUT2D eigenvalue weighted by atomic mass is 10.2. The molecule has 0 bridgehead atoms. The van der Waals surface area contributed by atoms with Gasteiger partial charge in [0, 0.05) is 10.0 Å². The highest BCUT2D eigenvalue weighted by atomic mass is 79.9. The highest BCUT2D eigenvalue weighted by Gasteiger charge is 2.05. The van der Waals surface area contributed by atoms with Crippen LogP contribution in [0.15, 0.2) is 35.3 Å². The number of nitrogen functional groups attached to an aromatic ring is 1. The van der Waals surface area contributed by atoms with Gasteiger partial charge in [-0.3, -0.25) is 5.41 Å². The van der Waals surface area contributed by atoms with Crippen LogP contribution in [0.5, 0.6) is 0 Å². The lowest BCUT2D eigenvalue weighted by molar-refractivity contribution is 0.874. The van der Waals surface area contributed by atoms with Gasteiger partial charge in [-0.15, -0.1) is 0 Å². The molecule has 0 saturated heterocycles. The number of benzene rings is 1. The van der Waals surface area contributed by atoms with Gasteiger partial charge >= 0.3 is 0 Å². The third kappa shape index (κ3) is 1.89. The molecule has 1 heterocycles. The molecular formula is C9H8BrN5. The highest BCUT2D eigenvalue weighted by Crippen LogP contribution is 2.21. The molecule has 0 spiro atoms. The van der Waals surface area contributed by atoms with Gasteiger partial charge in [0.1, 0.15) is 18.5 Å². The first-order valence-electron chi connectivity index (χ1n) is 4.17. The smallest absolute Gasteiger partial charge is 0.138 e. The van der Waals surface area contributed by atoms with Crippen molar-refractivity contribution >= 4 is 21.8 Å². The van der Waals surface area contributed by atoms with Gasteiger partial charge in [0.05, 0.1) is 5.69 Å². The molecule has 0 atom stereocenters. The highest BCUT2D eigenvalue weighted by molar-refractivity contribution is 9.10. The maximum absolute atomic E-state index is 7.30. The van der Waals surface area contributed by atoms with E-state index in [1.165, 1.54) is 6.33 Å². The third-order valence-electron chi connectivity index (χ3n) is 1.92. The van der Waals surface area contributed by atoms with Crippen LogP contribution in [0.2, 0.25) is 0 Å². The minimum atomic E-state index is 0.0424. The summed E-state index contributed by atoms with van der Waals surface area (Å²) in [5.41, 5.74) is 6.91. The maximum Gasteiger partial charge on any atom is 0.138 e. The minimum Gasteiger partial charge on any atom is -0.384 e. The zero-order valence-corrected chi connectivity index (χ0v) is 9.27. The minimum absolute atomic E-state index is 0.0424. The van der Waals surface area contributed by atoms with E-state index in [2.05, 4.69) is 26.0 Å². The average Bonchev–Trinajstić information content (AvgIpc) is 2.70. The lowest BCUT2D eigenvalue weighted by Crippen LogP contribution is -2.11. The Kier molecular flexibility index (Phi) is 2.51. The maximum atomic E-state index is 7.30. The molecule has 0 aliphatic carbocycles. The first-order chi connectivity index (χ1) is 7.18. The number of rotatable bonds is 2. The molecule has 0 radical (unpaired) electrons. The largest absolute Gasteiger partial charge is 0.384 e. The number of hydrogen-bond donors (Lipinski definition) is 2. The molecule has 2 aromatic rings. The molecule has 0 saturated carbocycles. The standard InChI is InChI=1S/C9H8BrN5/c10-7-3-6(9(11)12)1-2-8(7)15-5-13-4-14-15/h1-5H,(H3,11,12). The van der Waals surface area contributed by atoms with E-state index in [0.29, 0.717) is 5.56 Å². The van der Waals surface area contributed by atoms with Gasteiger partial charge in [0.25, 0.3) is 0 Å². The summed E-state index contributed by atoms with van der Waals surface area (Å²) in [7, 11) is 0. The van der Waals surface area contributed by atoms with Crippen LogP contribution in [0.4, 0.5) is 0 Å². The Morgan fingerprint density at radius 2 is 2.27 bits per heavy atom. The summed E-state index contributed by atoms with van der Waals surface area (Å²) in [4.78, 5) is 3.86. The van der Waals surface area contributed by atoms with Gasteiger partial charge in [-0.1, -0.05) is 0 Å². The number of amidine groups is 1. The van der Waals surface area contributed by atoms with E-state index in [1.807, 2.05) is 6.07 Å². The van der Waals surface area contributed by atoms with Crippen molar-refractivity contribution in [1.82, 2.24) is 14.8 Å². The van der Waals surface area contributed by atoms with Crippen molar-refractivity contribution in [2.24, 2.45) is 5.73 Å². The van der Waals surface area contributed by atoms with E-state index in [9.17, 15) is 0 Å². The molecule has 0 aliphatic heterocycles. The summed E-state index contributed by atoms with van der Waals surface area (Å²) in [6.45, 7) is 0. The van der Waals surface area contributed by atoms with E-state index >= 15 is 0 Å². The van der Waals surface area contributed by atoms with Crippen LogP contribution in [-0.4, -0.2) is 20.6 Å². The van der Waals surface area contributed by atoms with Crippen molar-refractivity contribution in [2.45, 2.75) is 0 Å². The molecule has 0 aliphatic rings. The fourth-order valence-corrected chi connectivity index (χ4v) is 1.75. The normalized spacial score (nSPS) is 10.2. The Bertz CT molecular complexity index is 491. The zero-order chi connectivity index (χ0) is 10.8. The quantitative estimate of drug-likeness (QED) is 0.635. The summed E-state index contributed by atoms with van der Waals surface area (Å²) in [6.07, 6.45) is 3.07. The van der Waals surface area contributed by atoms with Crippen molar-refractivity contribution in [1.29, 1.82) is 5.41 Å². The first-order valence-corrected chi connectivity index (χ1v) is 4.97. The Balaban J connectivity index is 2.48. The number of nitrogens with one attached hydrogen (secondary N) is 1. The average molecular weight is 266 g/mol. The van der Waals surface area contributed by atoms with Crippen LogP contribution in [-0.2, 0) is 0 Å². The van der Waals surface area contributed by atoms with Crippen LogP contribution in [0.3, 0.4) is 0 Å². The summed E-state index contributed by atoms with van der Waals surface area (Å²) < 4.78 is 2.45. The van der Waals surface area contributed by atoms with Gasteiger partial charge in [0.15, 0.2) is 0 Å². The van der Waals surface area contributed by atoms with Crippen LogP contribution in [0, 0.1) is 5.41 Å². The predicted octanol–water partition coefficient (Wildman–Crippen LogP) is 1.31. The molecule has 0 amide bonds. The molecule has 0 unspecified atom stereocenters. The van der Waals surface area contributed by atoms with Gasteiger partial charge in [0.2, 0.25) is 0 Å². The Labute approximate surface area is 94.6 Å². The second kappa shape index (κ2) is 3.82. The molecule has 0 fully saturated rings. The molecule has 3 N–H and O–H groups in total. The topological polar surface area (TPSA) is 80.6 Å². The van der Waals surface area contributed by atoms with Crippen molar-refractivity contribution in [3.05, 3.63) is 40.9 Å². The van der Waals surface area contributed by atoms with Crippen LogP contribution >= 0.6 is 15.9 Å². The molecule has 15 heavy (non-hydrogen) atoms. The predicted molar refractivity (Wildman–Crippen MR) is 60.1 cm³/mol. The number of nitrogens with zero attached hydrogens (tertiary/aromatic N) is 3. The van der Waals surface area contributed by atoms with E-state index in [0.717, 1.165) is 10.2 Å². The van der Waals surface area contributed by atoms with Crippen molar-refractivity contribution < 1.29 is 0 Å². The number of halogens is 1. The molecule has 1 aromatic heterocycles. The van der Waals surface area contributed by atoms with Gasteiger partial charge in [-0.25, -0.2) is 9.67 Å². The molecular weight excluding hydrogens is 258 g/mol. The molecule has 76 valence electrons. The fraction of sp³-hybridized carbons (Fsp3) is 0. The first kappa shape index (κ1) is 9.85. The molecule has 1 aromatic carbocycles. The van der Waals surface area contributed by atoms with Crippen LogP contribution < -0.4 is 5.73 Å². The summed E-state index contributed by atoms with van der Waals surface area (Å²) in [6, 6.07) is 5.37. The Morgan fingerprint density at radius 3 is 2.80 bits per heavy atom. The van der Waals surface area contributed by atoms with Crippen molar-refractivity contribution in [3.8, 4) is 5.69 Å². The van der Waals surface area contributed by atoms with Gasteiger partial charge in [-0.05, 0) is 34.1 Å².